The lowest BCUT2D eigenvalue weighted by molar-refractivity contribution is -0.139. The standard InChI is InChI=1S/C20H32N4O4/c1-3-21-16(26)19(10-6-4-7-11-19)22-15(25)14-24-17(27)20(23(2)18(24)28)12-8-5-9-13-20/h3-14H2,1-2H3,(H,21,26)(H,22,25). The number of hydrogen-bond acceptors (Lipinski definition) is 4. The molecule has 0 atom stereocenters. The highest BCUT2D eigenvalue weighted by molar-refractivity contribution is 6.09. The Hall–Kier alpha value is -2.12. The Morgan fingerprint density at radius 3 is 2.11 bits per heavy atom. The highest BCUT2D eigenvalue weighted by Gasteiger charge is 2.56. The molecule has 3 fully saturated rings. The van der Waals surface area contributed by atoms with Crippen molar-refractivity contribution in [1.82, 2.24) is 20.4 Å². The summed E-state index contributed by atoms with van der Waals surface area (Å²) in [6, 6.07) is -0.419. The molecule has 0 aromatic rings. The summed E-state index contributed by atoms with van der Waals surface area (Å²) in [7, 11) is 1.65. The number of hydrogen-bond donors (Lipinski definition) is 2. The van der Waals surface area contributed by atoms with Crippen LogP contribution in [0.3, 0.4) is 0 Å². The SMILES string of the molecule is CCNC(=O)C1(NC(=O)CN2C(=O)N(C)C3(CCCCC3)C2=O)CCCCC1. The first-order valence-corrected chi connectivity index (χ1v) is 10.6. The average molecular weight is 393 g/mol. The zero-order valence-electron chi connectivity index (χ0n) is 17.0. The fourth-order valence-corrected chi connectivity index (χ4v) is 5.01. The molecule has 1 heterocycles. The molecule has 0 aromatic heterocycles. The second kappa shape index (κ2) is 8.09. The zero-order valence-corrected chi connectivity index (χ0v) is 17.0. The maximum absolute atomic E-state index is 13.1. The minimum atomic E-state index is -0.939. The van der Waals surface area contributed by atoms with Gasteiger partial charge in [-0.2, -0.15) is 0 Å². The van der Waals surface area contributed by atoms with Crippen LogP contribution in [0.15, 0.2) is 0 Å². The molecular weight excluding hydrogens is 360 g/mol. The molecule has 1 spiro atoms. The summed E-state index contributed by atoms with van der Waals surface area (Å²) >= 11 is 0. The van der Waals surface area contributed by atoms with E-state index in [1.54, 1.807) is 7.05 Å². The molecule has 2 saturated carbocycles. The van der Waals surface area contributed by atoms with Crippen molar-refractivity contribution in [3.63, 3.8) is 0 Å². The number of imide groups is 1. The van der Waals surface area contributed by atoms with E-state index in [9.17, 15) is 19.2 Å². The molecule has 1 saturated heterocycles. The van der Waals surface area contributed by atoms with E-state index in [1.807, 2.05) is 6.92 Å². The van der Waals surface area contributed by atoms with Crippen LogP contribution >= 0.6 is 0 Å². The van der Waals surface area contributed by atoms with Crippen LogP contribution in [0.1, 0.15) is 71.1 Å². The molecule has 0 radical (unpaired) electrons. The number of rotatable bonds is 5. The van der Waals surface area contributed by atoms with E-state index < -0.39 is 23.0 Å². The van der Waals surface area contributed by atoms with Crippen LogP contribution in [-0.4, -0.2) is 64.8 Å². The maximum atomic E-state index is 13.1. The van der Waals surface area contributed by atoms with Gasteiger partial charge in [0.05, 0.1) is 0 Å². The number of urea groups is 1. The van der Waals surface area contributed by atoms with Crippen molar-refractivity contribution in [3.05, 3.63) is 0 Å². The third-order valence-electron chi connectivity index (χ3n) is 6.64. The van der Waals surface area contributed by atoms with Crippen molar-refractivity contribution in [2.45, 2.75) is 82.2 Å². The van der Waals surface area contributed by atoms with Gasteiger partial charge in [0, 0.05) is 13.6 Å². The van der Waals surface area contributed by atoms with Gasteiger partial charge in [-0.15, -0.1) is 0 Å². The normalized spacial score (nSPS) is 23.8. The lowest BCUT2D eigenvalue weighted by Crippen LogP contribution is -2.61. The molecule has 8 nitrogen and oxygen atoms in total. The van der Waals surface area contributed by atoms with Gasteiger partial charge in [-0.1, -0.05) is 38.5 Å². The van der Waals surface area contributed by atoms with Gasteiger partial charge in [0.2, 0.25) is 11.8 Å². The van der Waals surface area contributed by atoms with Gasteiger partial charge in [0.15, 0.2) is 0 Å². The van der Waals surface area contributed by atoms with Crippen molar-refractivity contribution in [1.29, 1.82) is 0 Å². The van der Waals surface area contributed by atoms with Crippen LogP contribution in [0.5, 0.6) is 0 Å². The lowest BCUT2D eigenvalue weighted by atomic mass is 9.80. The predicted molar refractivity (Wildman–Crippen MR) is 103 cm³/mol. The van der Waals surface area contributed by atoms with Gasteiger partial charge in [-0.3, -0.25) is 19.3 Å². The van der Waals surface area contributed by atoms with Crippen molar-refractivity contribution in [2.24, 2.45) is 0 Å². The summed E-state index contributed by atoms with van der Waals surface area (Å²) in [5.74, 6) is -0.898. The summed E-state index contributed by atoms with van der Waals surface area (Å²) < 4.78 is 0. The Morgan fingerprint density at radius 1 is 0.964 bits per heavy atom. The van der Waals surface area contributed by atoms with Gasteiger partial charge in [-0.05, 0) is 32.6 Å². The molecule has 0 aromatic carbocycles. The Morgan fingerprint density at radius 2 is 1.54 bits per heavy atom. The Balaban J connectivity index is 1.72. The van der Waals surface area contributed by atoms with Gasteiger partial charge < -0.3 is 15.5 Å². The molecule has 3 aliphatic rings. The molecule has 1 aliphatic heterocycles. The van der Waals surface area contributed by atoms with Crippen LogP contribution < -0.4 is 10.6 Å². The first kappa shape index (κ1) is 20.6. The largest absolute Gasteiger partial charge is 0.354 e. The number of carbonyl (C=O) groups is 4. The highest BCUT2D eigenvalue weighted by atomic mass is 16.2. The monoisotopic (exact) mass is 392 g/mol. The summed E-state index contributed by atoms with van der Waals surface area (Å²) in [5.41, 5.74) is -1.73. The molecular formula is C20H32N4O4. The number of likely N-dealkylation sites (N-methyl/N-ethyl adjacent to an activating group) is 2. The minimum Gasteiger partial charge on any atom is -0.354 e. The minimum absolute atomic E-state index is 0.178. The second-order valence-electron chi connectivity index (χ2n) is 8.38. The van der Waals surface area contributed by atoms with Crippen LogP contribution in [0, 0.1) is 0 Å². The number of nitrogens with zero attached hydrogens (tertiary/aromatic N) is 2. The number of nitrogens with one attached hydrogen (secondary N) is 2. The zero-order chi connectivity index (χ0) is 20.4. The van der Waals surface area contributed by atoms with Gasteiger partial charge in [-0.25, -0.2) is 4.79 Å². The van der Waals surface area contributed by atoms with Gasteiger partial charge in [0.1, 0.15) is 17.6 Å². The summed E-state index contributed by atoms with van der Waals surface area (Å²) in [6.45, 7) is 2.01. The van der Waals surface area contributed by atoms with Crippen molar-refractivity contribution >= 4 is 23.8 Å². The van der Waals surface area contributed by atoms with Gasteiger partial charge in [0.25, 0.3) is 5.91 Å². The Kier molecular flexibility index (Phi) is 5.95. The van der Waals surface area contributed by atoms with E-state index in [0.29, 0.717) is 32.2 Å². The first-order valence-electron chi connectivity index (χ1n) is 10.6. The summed E-state index contributed by atoms with van der Waals surface area (Å²) in [5, 5.41) is 5.69. The molecule has 2 aliphatic carbocycles. The third-order valence-corrected chi connectivity index (χ3v) is 6.64. The van der Waals surface area contributed by atoms with Crippen LogP contribution in [0.2, 0.25) is 0 Å². The molecule has 8 heteroatoms. The smallest absolute Gasteiger partial charge is 0.327 e. The molecule has 0 bridgehead atoms. The molecule has 2 N–H and O–H groups in total. The molecule has 0 unspecified atom stereocenters. The molecule has 28 heavy (non-hydrogen) atoms. The van der Waals surface area contributed by atoms with E-state index in [2.05, 4.69) is 10.6 Å². The molecule has 3 rings (SSSR count). The fraction of sp³-hybridized carbons (Fsp3) is 0.800. The van der Waals surface area contributed by atoms with E-state index >= 15 is 0 Å². The van der Waals surface area contributed by atoms with E-state index in [0.717, 1.165) is 43.4 Å². The lowest BCUT2D eigenvalue weighted by Gasteiger charge is -2.37. The Labute approximate surface area is 166 Å². The first-order chi connectivity index (χ1) is 13.4. The van der Waals surface area contributed by atoms with Gasteiger partial charge >= 0.3 is 6.03 Å². The number of carbonyl (C=O) groups excluding carboxylic acids is 4. The topological polar surface area (TPSA) is 98.8 Å². The van der Waals surface area contributed by atoms with Crippen LogP contribution in [0.25, 0.3) is 0 Å². The van der Waals surface area contributed by atoms with Crippen LogP contribution in [-0.2, 0) is 14.4 Å². The van der Waals surface area contributed by atoms with Crippen molar-refractivity contribution in [3.8, 4) is 0 Å². The van der Waals surface area contributed by atoms with Crippen LogP contribution in [0.4, 0.5) is 4.79 Å². The van der Waals surface area contributed by atoms with E-state index in [1.165, 1.54) is 4.90 Å². The number of amides is 5. The maximum Gasteiger partial charge on any atom is 0.327 e. The fourth-order valence-electron chi connectivity index (χ4n) is 5.01. The quantitative estimate of drug-likeness (QED) is 0.693. The molecule has 5 amide bonds. The summed E-state index contributed by atoms with van der Waals surface area (Å²) in [4.78, 5) is 53.8. The van der Waals surface area contributed by atoms with E-state index in [4.69, 9.17) is 0 Å². The Bertz CT molecular complexity index is 651. The predicted octanol–water partition coefficient (Wildman–Crippen LogP) is 1.54. The van der Waals surface area contributed by atoms with E-state index in [-0.39, 0.29) is 18.4 Å². The van der Waals surface area contributed by atoms with Crippen molar-refractivity contribution in [2.75, 3.05) is 20.1 Å². The second-order valence-corrected chi connectivity index (χ2v) is 8.38. The van der Waals surface area contributed by atoms with Crippen molar-refractivity contribution < 1.29 is 19.2 Å². The third kappa shape index (κ3) is 3.49. The highest BCUT2D eigenvalue weighted by Crippen LogP contribution is 2.39. The summed E-state index contributed by atoms with van der Waals surface area (Å²) in [6.07, 6.45) is 8.10. The average Bonchev–Trinajstić information content (AvgIpc) is 2.86. The molecule has 156 valence electrons.